The smallest absolute Gasteiger partial charge is 0.244 e. The van der Waals surface area contributed by atoms with Crippen molar-refractivity contribution in [1.82, 2.24) is 10.2 Å². The maximum Gasteiger partial charge on any atom is 0.244 e. The van der Waals surface area contributed by atoms with E-state index in [0.717, 1.165) is 17.7 Å². The van der Waals surface area contributed by atoms with Gasteiger partial charge in [0, 0.05) is 17.2 Å². The van der Waals surface area contributed by atoms with Gasteiger partial charge in [-0.25, -0.2) is 0 Å². The van der Waals surface area contributed by atoms with Crippen molar-refractivity contribution in [3.63, 3.8) is 0 Å². The molecule has 2 aromatic carbocycles. The highest BCUT2D eigenvalue weighted by molar-refractivity contribution is 5.72. The van der Waals surface area contributed by atoms with Crippen LogP contribution < -0.4 is 29.4 Å². The zero-order valence-corrected chi connectivity index (χ0v) is 19.5. The maximum absolute atomic E-state index is 10.0. The lowest BCUT2D eigenvalue weighted by Crippen LogP contribution is -2.21. The van der Waals surface area contributed by atoms with Gasteiger partial charge in [-0.3, -0.25) is 5.10 Å². The summed E-state index contributed by atoms with van der Waals surface area (Å²) in [5, 5.41) is 17.4. The van der Waals surface area contributed by atoms with Crippen LogP contribution in [-0.2, 0) is 0 Å². The number of fused-ring (bicyclic) bond motifs is 1. The zero-order valence-electron chi connectivity index (χ0n) is 19.5. The Morgan fingerprint density at radius 2 is 1.74 bits per heavy atom. The molecule has 3 N–H and O–H groups in total. The molecule has 9 heteroatoms. The number of aromatic nitrogens is 2. The Hall–Kier alpha value is -4.32. The van der Waals surface area contributed by atoms with E-state index in [9.17, 15) is 5.26 Å². The molecule has 3 aromatic rings. The van der Waals surface area contributed by atoms with E-state index >= 15 is 0 Å². The quantitative estimate of drug-likeness (QED) is 0.512. The third kappa shape index (κ3) is 3.94. The zero-order chi connectivity index (χ0) is 24.2. The van der Waals surface area contributed by atoms with E-state index in [1.165, 1.54) is 0 Å². The van der Waals surface area contributed by atoms with Crippen molar-refractivity contribution < 1.29 is 23.7 Å². The summed E-state index contributed by atoms with van der Waals surface area (Å²) in [4.78, 5) is 0. The van der Waals surface area contributed by atoms with Gasteiger partial charge in [0.05, 0.1) is 45.1 Å². The second-order valence-electron chi connectivity index (χ2n) is 7.56. The number of nitrogens with one attached hydrogen (secondary N) is 1. The molecule has 1 atom stereocenters. The molecular weight excluding hydrogens is 436 g/mol. The van der Waals surface area contributed by atoms with Crippen molar-refractivity contribution in [2.24, 2.45) is 5.73 Å². The van der Waals surface area contributed by atoms with Crippen molar-refractivity contribution >= 4 is 0 Å². The number of aromatic amines is 1. The van der Waals surface area contributed by atoms with Crippen LogP contribution in [0.15, 0.2) is 47.9 Å². The van der Waals surface area contributed by atoms with E-state index in [0.29, 0.717) is 46.6 Å². The fourth-order valence-corrected chi connectivity index (χ4v) is 3.99. The standard InChI is InChI=1S/C25H26N4O5/c1-5-10-33-15-8-6-14(7-9-15)23-22-21(17(13-26)24(27)34-25(22)29-28-23)16-11-19(31-3)20(32-4)12-18(16)30-2/h6-9,11-12,21H,5,10,27H2,1-4H3,(H,28,29). The fraction of sp³-hybridized carbons (Fsp3) is 0.280. The van der Waals surface area contributed by atoms with Gasteiger partial charge in [-0.1, -0.05) is 6.92 Å². The van der Waals surface area contributed by atoms with Gasteiger partial charge in [0.2, 0.25) is 11.8 Å². The molecule has 0 fully saturated rings. The van der Waals surface area contributed by atoms with Crippen LogP contribution in [0.1, 0.15) is 30.4 Å². The highest BCUT2D eigenvalue weighted by Gasteiger charge is 2.37. The molecule has 2 heterocycles. The van der Waals surface area contributed by atoms with Crippen LogP contribution in [0, 0.1) is 11.3 Å². The molecular formula is C25H26N4O5. The van der Waals surface area contributed by atoms with Gasteiger partial charge in [-0.05, 0) is 36.8 Å². The Balaban J connectivity index is 1.89. The normalized spacial score (nSPS) is 14.6. The average Bonchev–Trinajstić information content (AvgIpc) is 3.29. The lowest BCUT2D eigenvalue weighted by Gasteiger charge is -2.26. The number of nitriles is 1. The van der Waals surface area contributed by atoms with E-state index in [1.807, 2.05) is 24.3 Å². The van der Waals surface area contributed by atoms with Gasteiger partial charge < -0.3 is 29.4 Å². The number of nitrogens with zero attached hydrogens (tertiary/aromatic N) is 2. The highest BCUT2D eigenvalue weighted by Crippen LogP contribution is 2.50. The largest absolute Gasteiger partial charge is 0.496 e. The Bertz CT molecular complexity index is 1260. The lowest BCUT2D eigenvalue weighted by atomic mass is 9.82. The molecule has 0 saturated carbocycles. The minimum absolute atomic E-state index is 0.0156. The first-order valence-electron chi connectivity index (χ1n) is 10.7. The van der Waals surface area contributed by atoms with Gasteiger partial charge in [0.1, 0.15) is 23.1 Å². The van der Waals surface area contributed by atoms with Gasteiger partial charge in [-0.2, -0.15) is 5.26 Å². The van der Waals surface area contributed by atoms with Crippen LogP contribution in [0.2, 0.25) is 0 Å². The summed E-state index contributed by atoms with van der Waals surface area (Å²) in [5.74, 6) is 1.93. The van der Waals surface area contributed by atoms with Crippen LogP contribution >= 0.6 is 0 Å². The fourth-order valence-electron chi connectivity index (χ4n) is 3.99. The van der Waals surface area contributed by atoms with Crippen LogP contribution in [0.4, 0.5) is 0 Å². The predicted octanol–water partition coefficient (Wildman–Crippen LogP) is 4.11. The third-order valence-electron chi connectivity index (χ3n) is 5.60. The monoisotopic (exact) mass is 462 g/mol. The van der Waals surface area contributed by atoms with Crippen molar-refractivity contribution in [3.8, 4) is 46.2 Å². The lowest BCUT2D eigenvalue weighted by molar-refractivity contribution is 0.317. The van der Waals surface area contributed by atoms with Crippen LogP contribution in [0.5, 0.6) is 28.9 Å². The number of allylic oxidation sites excluding steroid dienone is 1. The molecule has 1 aliphatic rings. The molecule has 1 aliphatic heterocycles. The second-order valence-corrected chi connectivity index (χ2v) is 7.56. The first-order chi connectivity index (χ1) is 16.6. The topological polar surface area (TPSA) is 125 Å². The Morgan fingerprint density at radius 3 is 2.35 bits per heavy atom. The Morgan fingerprint density at radius 1 is 1.06 bits per heavy atom. The van der Waals surface area contributed by atoms with E-state index in [4.69, 9.17) is 29.4 Å². The molecule has 9 nitrogen and oxygen atoms in total. The minimum Gasteiger partial charge on any atom is -0.496 e. The summed E-state index contributed by atoms with van der Waals surface area (Å²) in [7, 11) is 4.64. The molecule has 0 saturated heterocycles. The van der Waals surface area contributed by atoms with Gasteiger partial charge in [0.15, 0.2) is 11.5 Å². The molecule has 0 spiro atoms. The van der Waals surface area contributed by atoms with Crippen molar-refractivity contribution in [2.75, 3.05) is 27.9 Å². The third-order valence-corrected chi connectivity index (χ3v) is 5.60. The molecule has 0 radical (unpaired) electrons. The number of methoxy groups -OCH3 is 3. The van der Waals surface area contributed by atoms with Crippen LogP contribution in [0.25, 0.3) is 11.3 Å². The molecule has 1 unspecified atom stereocenters. The molecule has 176 valence electrons. The van der Waals surface area contributed by atoms with E-state index in [1.54, 1.807) is 33.5 Å². The van der Waals surface area contributed by atoms with Crippen molar-refractivity contribution in [3.05, 3.63) is 59.0 Å². The number of H-pyrrole nitrogens is 1. The second kappa shape index (κ2) is 9.67. The van der Waals surface area contributed by atoms with Crippen LogP contribution in [-0.4, -0.2) is 38.1 Å². The van der Waals surface area contributed by atoms with Gasteiger partial charge in [0.25, 0.3) is 0 Å². The number of hydrogen-bond donors (Lipinski definition) is 2. The van der Waals surface area contributed by atoms with Crippen molar-refractivity contribution in [1.29, 1.82) is 5.26 Å². The SMILES string of the molecule is CCCOc1ccc(-c2[nH]nc3c2C(c2cc(OC)c(OC)cc2OC)C(C#N)=C(N)O3)cc1. The summed E-state index contributed by atoms with van der Waals surface area (Å²) in [6.45, 7) is 2.70. The minimum atomic E-state index is -0.617. The van der Waals surface area contributed by atoms with E-state index in [-0.39, 0.29) is 11.5 Å². The van der Waals surface area contributed by atoms with Gasteiger partial charge in [-0.15, -0.1) is 5.10 Å². The summed E-state index contributed by atoms with van der Waals surface area (Å²) in [5.41, 5.74) is 9.24. The Kier molecular flexibility index (Phi) is 6.50. The molecule has 0 amide bonds. The highest BCUT2D eigenvalue weighted by atomic mass is 16.5. The molecule has 1 aromatic heterocycles. The Labute approximate surface area is 197 Å². The van der Waals surface area contributed by atoms with E-state index in [2.05, 4.69) is 23.2 Å². The average molecular weight is 463 g/mol. The first kappa shape index (κ1) is 22.9. The van der Waals surface area contributed by atoms with Gasteiger partial charge >= 0.3 is 0 Å². The van der Waals surface area contributed by atoms with Crippen LogP contribution in [0.3, 0.4) is 0 Å². The molecule has 34 heavy (non-hydrogen) atoms. The molecule has 0 bridgehead atoms. The van der Waals surface area contributed by atoms with Crippen molar-refractivity contribution in [2.45, 2.75) is 19.3 Å². The summed E-state index contributed by atoms with van der Waals surface area (Å²) < 4.78 is 28.0. The molecule has 0 aliphatic carbocycles. The summed E-state index contributed by atoms with van der Waals surface area (Å²) in [6.07, 6.45) is 0.923. The summed E-state index contributed by atoms with van der Waals surface area (Å²) >= 11 is 0. The van der Waals surface area contributed by atoms with E-state index < -0.39 is 5.92 Å². The predicted molar refractivity (Wildman–Crippen MR) is 125 cm³/mol. The number of ether oxygens (including phenoxy) is 5. The maximum atomic E-state index is 10.0. The number of hydrogen-bond acceptors (Lipinski definition) is 8. The number of benzene rings is 2. The summed E-state index contributed by atoms with van der Waals surface area (Å²) in [6, 6.07) is 13.3. The number of rotatable bonds is 8. The first-order valence-corrected chi connectivity index (χ1v) is 10.7. The molecule has 4 rings (SSSR count). The number of nitrogens with two attached hydrogens (primary N) is 1.